The van der Waals surface area contributed by atoms with E-state index in [1.807, 2.05) is 18.2 Å². The molecule has 6 heteroatoms. The average Bonchev–Trinajstić information content (AvgIpc) is 2.90. The summed E-state index contributed by atoms with van der Waals surface area (Å²) in [5.74, 6) is 3.33. The fourth-order valence-corrected chi connectivity index (χ4v) is 2.28. The van der Waals surface area contributed by atoms with Crippen molar-refractivity contribution in [2.24, 2.45) is 0 Å². The quantitative estimate of drug-likeness (QED) is 0.894. The summed E-state index contributed by atoms with van der Waals surface area (Å²) in [4.78, 5) is 0. The first kappa shape index (κ1) is 12.0. The van der Waals surface area contributed by atoms with Gasteiger partial charge in [0.1, 0.15) is 17.3 Å². The second-order valence-corrected chi connectivity index (χ2v) is 4.33. The molecule has 2 aromatic rings. The summed E-state index contributed by atoms with van der Waals surface area (Å²) in [6.07, 6.45) is 0. The minimum absolute atomic E-state index is 0.749. The third-order valence-electron chi connectivity index (χ3n) is 3.27. The van der Waals surface area contributed by atoms with Crippen LogP contribution in [-0.2, 0) is 13.1 Å². The summed E-state index contributed by atoms with van der Waals surface area (Å²) >= 11 is 0. The summed E-state index contributed by atoms with van der Waals surface area (Å²) in [6.45, 7) is 2.53. The Balaban J connectivity index is 2.12. The number of nitrogens with one attached hydrogen (secondary N) is 1. The zero-order chi connectivity index (χ0) is 13.2. The molecule has 0 fully saturated rings. The van der Waals surface area contributed by atoms with Crippen LogP contribution in [0.2, 0.25) is 0 Å². The number of hydrogen-bond donors (Lipinski definition) is 1. The van der Waals surface area contributed by atoms with Gasteiger partial charge in [-0.25, -0.2) is 0 Å². The lowest BCUT2D eigenvalue weighted by Crippen LogP contribution is -2.28. The molecule has 0 radical (unpaired) electrons. The molecule has 1 aliphatic heterocycles. The van der Waals surface area contributed by atoms with Crippen LogP contribution in [0.1, 0.15) is 5.82 Å². The maximum Gasteiger partial charge on any atom is 0.167 e. The van der Waals surface area contributed by atoms with Crippen molar-refractivity contribution in [3.8, 4) is 22.9 Å². The van der Waals surface area contributed by atoms with Crippen LogP contribution in [0.4, 0.5) is 0 Å². The van der Waals surface area contributed by atoms with Gasteiger partial charge >= 0.3 is 0 Å². The fraction of sp³-hybridized carbons (Fsp3) is 0.385. The van der Waals surface area contributed by atoms with Gasteiger partial charge in [0.15, 0.2) is 5.82 Å². The van der Waals surface area contributed by atoms with Crippen molar-refractivity contribution in [2.75, 3.05) is 20.8 Å². The summed E-state index contributed by atoms with van der Waals surface area (Å²) in [5, 5.41) is 11.8. The van der Waals surface area contributed by atoms with Crippen LogP contribution in [0.15, 0.2) is 18.2 Å². The van der Waals surface area contributed by atoms with Crippen LogP contribution in [0.25, 0.3) is 11.4 Å². The number of benzene rings is 1. The number of methoxy groups -OCH3 is 2. The highest BCUT2D eigenvalue weighted by molar-refractivity contribution is 5.66. The molecule has 19 heavy (non-hydrogen) atoms. The predicted molar refractivity (Wildman–Crippen MR) is 70.3 cm³/mol. The predicted octanol–water partition coefficient (Wildman–Crippen LogP) is 1.07. The van der Waals surface area contributed by atoms with Crippen molar-refractivity contribution in [3.63, 3.8) is 0 Å². The van der Waals surface area contributed by atoms with E-state index in [-0.39, 0.29) is 0 Å². The molecule has 0 spiro atoms. The van der Waals surface area contributed by atoms with Crippen LogP contribution in [0.3, 0.4) is 0 Å². The van der Waals surface area contributed by atoms with Crippen molar-refractivity contribution in [3.05, 3.63) is 24.0 Å². The smallest absolute Gasteiger partial charge is 0.167 e. The Morgan fingerprint density at radius 1 is 1.21 bits per heavy atom. The molecule has 0 atom stereocenters. The maximum absolute atomic E-state index is 5.41. The molecule has 6 nitrogen and oxygen atoms in total. The first-order valence-electron chi connectivity index (χ1n) is 6.18. The Hall–Kier alpha value is -2.08. The third-order valence-corrected chi connectivity index (χ3v) is 3.27. The van der Waals surface area contributed by atoms with Gasteiger partial charge in [-0.15, -0.1) is 10.2 Å². The third kappa shape index (κ3) is 2.04. The molecular weight excluding hydrogens is 244 g/mol. The lowest BCUT2D eigenvalue weighted by atomic mass is 10.1. The molecule has 100 valence electrons. The summed E-state index contributed by atoms with van der Waals surface area (Å²) in [6, 6.07) is 5.69. The first-order chi connectivity index (χ1) is 9.33. The molecule has 1 aromatic heterocycles. The summed E-state index contributed by atoms with van der Waals surface area (Å²) in [5.41, 5.74) is 0.905. The number of aromatic nitrogens is 3. The van der Waals surface area contributed by atoms with Gasteiger partial charge in [0, 0.05) is 13.1 Å². The van der Waals surface area contributed by atoms with Crippen molar-refractivity contribution < 1.29 is 9.47 Å². The number of hydrogen-bond acceptors (Lipinski definition) is 5. The van der Waals surface area contributed by atoms with Crippen LogP contribution >= 0.6 is 0 Å². The van der Waals surface area contributed by atoms with E-state index in [1.54, 1.807) is 14.2 Å². The molecular formula is C13H16N4O2. The molecule has 3 rings (SSSR count). The maximum atomic E-state index is 5.41. The number of fused-ring (bicyclic) bond motifs is 1. The Bertz CT molecular complexity index is 594. The zero-order valence-electron chi connectivity index (χ0n) is 11.0. The van der Waals surface area contributed by atoms with Crippen molar-refractivity contribution in [1.29, 1.82) is 0 Å². The minimum atomic E-state index is 0.749. The molecule has 1 N–H and O–H groups in total. The minimum Gasteiger partial charge on any atom is -0.497 e. The molecule has 0 aliphatic carbocycles. The van der Waals surface area contributed by atoms with Crippen LogP contribution in [0, 0.1) is 0 Å². The molecule has 0 unspecified atom stereocenters. The van der Waals surface area contributed by atoms with E-state index in [0.717, 1.165) is 48.3 Å². The lowest BCUT2D eigenvalue weighted by molar-refractivity contribution is 0.403. The second kappa shape index (κ2) is 4.89. The molecule has 2 heterocycles. The van der Waals surface area contributed by atoms with E-state index in [1.165, 1.54) is 0 Å². The highest BCUT2D eigenvalue weighted by atomic mass is 16.5. The normalized spacial score (nSPS) is 14.0. The molecule has 0 saturated heterocycles. The van der Waals surface area contributed by atoms with E-state index >= 15 is 0 Å². The van der Waals surface area contributed by atoms with Gasteiger partial charge in [-0.1, -0.05) is 0 Å². The van der Waals surface area contributed by atoms with Gasteiger partial charge in [-0.05, 0) is 18.2 Å². The first-order valence-corrected chi connectivity index (χ1v) is 6.18. The Kier molecular flexibility index (Phi) is 3.08. The summed E-state index contributed by atoms with van der Waals surface area (Å²) < 4.78 is 12.8. The van der Waals surface area contributed by atoms with Crippen LogP contribution in [-0.4, -0.2) is 35.5 Å². The lowest BCUT2D eigenvalue weighted by Gasteiger charge is -2.17. The molecule has 0 bridgehead atoms. The molecule has 0 amide bonds. The average molecular weight is 260 g/mol. The standard InChI is InChI=1S/C13H16N4O2/c1-18-9-3-4-11(19-2)10(7-9)13-16-15-12-8-14-5-6-17(12)13/h3-4,7,14H,5-6,8H2,1-2H3. The highest BCUT2D eigenvalue weighted by Crippen LogP contribution is 2.32. The Morgan fingerprint density at radius 2 is 2.11 bits per heavy atom. The van der Waals surface area contributed by atoms with E-state index < -0.39 is 0 Å². The van der Waals surface area contributed by atoms with E-state index in [2.05, 4.69) is 20.1 Å². The van der Waals surface area contributed by atoms with Crippen molar-refractivity contribution >= 4 is 0 Å². The second-order valence-electron chi connectivity index (χ2n) is 4.33. The van der Waals surface area contributed by atoms with Gasteiger partial charge in [0.2, 0.25) is 0 Å². The van der Waals surface area contributed by atoms with Crippen molar-refractivity contribution in [1.82, 2.24) is 20.1 Å². The van der Waals surface area contributed by atoms with Crippen LogP contribution in [0.5, 0.6) is 11.5 Å². The number of rotatable bonds is 3. The van der Waals surface area contributed by atoms with Gasteiger partial charge in [-0.2, -0.15) is 0 Å². The molecule has 0 saturated carbocycles. The summed E-state index contributed by atoms with van der Waals surface area (Å²) in [7, 11) is 3.30. The number of ether oxygens (including phenoxy) is 2. The Labute approximate surface area is 111 Å². The number of nitrogens with zero attached hydrogens (tertiary/aromatic N) is 3. The van der Waals surface area contributed by atoms with E-state index in [0.29, 0.717) is 0 Å². The topological polar surface area (TPSA) is 61.2 Å². The fourth-order valence-electron chi connectivity index (χ4n) is 2.28. The van der Waals surface area contributed by atoms with Gasteiger partial charge in [0.05, 0.1) is 26.3 Å². The van der Waals surface area contributed by atoms with Gasteiger partial charge < -0.3 is 19.4 Å². The van der Waals surface area contributed by atoms with Gasteiger partial charge in [0.25, 0.3) is 0 Å². The highest BCUT2D eigenvalue weighted by Gasteiger charge is 2.19. The SMILES string of the molecule is COc1ccc(OC)c(-c2nnc3n2CCNC3)c1. The monoisotopic (exact) mass is 260 g/mol. The van der Waals surface area contributed by atoms with E-state index in [4.69, 9.17) is 9.47 Å². The van der Waals surface area contributed by atoms with Crippen molar-refractivity contribution in [2.45, 2.75) is 13.1 Å². The Morgan fingerprint density at radius 3 is 2.89 bits per heavy atom. The van der Waals surface area contributed by atoms with Crippen LogP contribution < -0.4 is 14.8 Å². The van der Waals surface area contributed by atoms with E-state index in [9.17, 15) is 0 Å². The zero-order valence-corrected chi connectivity index (χ0v) is 11.0. The molecule has 1 aromatic carbocycles. The molecule has 1 aliphatic rings. The largest absolute Gasteiger partial charge is 0.497 e. The van der Waals surface area contributed by atoms with Gasteiger partial charge in [-0.3, -0.25) is 0 Å².